The van der Waals surface area contributed by atoms with E-state index in [9.17, 15) is 4.79 Å². The zero-order valence-electron chi connectivity index (χ0n) is 18.8. The summed E-state index contributed by atoms with van der Waals surface area (Å²) in [6, 6.07) is 20.4. The van der Waals surface area contributed by atoms with Crippen LogP contribution in [0.25, 0.3) is 22.6 Å². The Labute approximate surface area is 208 Å². The molecule has 0 aliphatic rings. The van der Waals surface area contributed by atoms with Gasteiger partial charge < -0.3 is 14.5 Å². The van der Waals surface area contributed by atoms with E-state index in [4.69, 9.17) is 33.0 Å². The van der Waals surface area contributed by atoms with Gasteiger partial charge in [0.1, 0.15) is 11.3 Å². The van der Waals surface area contributed by atoms with Crippen LogP contribution in [-0.2, 0) is 4.79 Å². The lowest BCUT2D eigenvalue weighted by Crippen LogP contribution is -2.37. The second-order valence-electron chi connectivity index (χ2n) is 7.88. The minimum Gasteiger partial charge on any atom is -0.484 e. The number of thiocarbonyl (C=S) groups is 1. The molecule has 0 saturated heterocycles. The van der Waals surface area contributed by atoms with Gasteiger partial charge in [-0.25, -0.2) is 4.98 Å². The van der Waals surface area contributed by atoms with E-state index >= 15 is 0 Å². The monoisotopic (exact) mass is 493 g/mol. The Bertz CT molecular complexity index is 1300. The third kappa shape index (κ3) is 5.92. The first-order valence-electron chi connectivity index (χ1n) is 10.9. The number of aromatic nitrogens is 1. The van der Waals surface area contributed by atoms with Crippen molar-refractivity contribution in [1.29, 1.82) is 0 Å². The van der Waals surface area contributed by atoms with Crippen molar-refractivity contribution in [1.82, 2.24) is 10.3 Å². The Hall–Kier alpha value is -3.42. The van der Waals surface area contributed by atoms with E-state index in [1.807, 2.05) is 30.3 Å². The van der Waals surface area contributed by atoms with Gasteiger partial charge in [0.15, 0.2) is 17.3 Å². The molecular weight excluding hydrogens is 470 g/mol. The fraction of sp³-hybridized carbons (Fsp3) is 0.192. The van der Waals surface area contributed by atoms with Crippen LogP contribution in [-0.4, -0.2) is 22.6 Å². The van der Waals surface area contributed by atoms with Crippen LogP contribution < -0.4 is 15.4 Å². The quantitative estimate of drug-likeness (QED) is 0.284. The number of hydrogen-bond acceptors (Lipinski definition) is 5. The molecule has 4 rings (SSSR count). The summed E-state index contributed by atoms with van der Waals surface area (Å²) in [5.74, 6) is 1.21. The molecule has 0 aliphatic heterocycles. The Morgan fingerprint density at radius 2 is 1.85 bits per heavy atom. The van der Waals surface area contributed by atoms with Crippen molar-refractivity contribution in [3.05, 3.63) is 77.3 Å². The molecule has 1 atom stereocenters. The number of ether oxygens (including phenoxy) is 1. The summed E-state index contributed by atoms with van der Waals surface area (Å²) < 4.78 is 11.3. The predicted octanol–water partition coefficient (Wildman–Crippen LogP) is 6.55. The largest absolute Gasteiger partial charge is 0.484 e. The van der Waals surface area contributed by atoms with Crippen LogP contribution in [0.2, 0.25) is 5.02 Å². The number of carbonyl (C=O) groups excluding carboxylic acids is 1. The summed E-state index contributed by atoms with van der Waals surface area (Å²) in [5.41, 5.74) is 4.43. The second kappa shape index (κ2) is 10.7. The number of anilines is 1. The number of nitrogens with zero attached hydrogens (tertiary/aromatic N) is 1. The number of fused-ring (bicyclic) bond motifs is 1. The molecule has 1 amide bonds. The number of benzene rings is 3. The summed E-state index contributed by atoms with van der Waals surface area (Å²) in [6.45, 7) is 4.21. The molecule has 0 unspecified atom stereocenters. The molecule has 1 aromatic heterocycles. The van der Waals surface area contributed by atoms with E-state index in [0.717, 1.165) is 28.8 Å². The Morgan fingerprint density at radius 1 is 1.12 bits per heavy atom. The van der Waals surface area contributed by atoms with Gasteiger partial charge in [-0.2, -0.15) is 0 Å². The lowest BCUT2D eigenvalue weighted by molar-refractivity contribution is -0.121. The Kier molecular flexibility index (Phi) is 7.45. The first kappa shape index (κ1) is 23.7. The van der Waals surface area contributed by atoms with Gasteiger partial charge in [0.25, 0.3) is 5.91 Å². The Morgan fingerprint density at radius 3 is 2.56 bits per heavy atom. The van der Waals surface area contributed by atoms with Crippen LogP contribution in [0.3, 0.4) is 0 Å². The molecule has 174 valence electrons. The molecule has 0 radical (unpaired) electrons. The predicted molar refractivity (Wildman–Crippen MR) is 139 cm³/mol. The maximum Gasteiger partial charge on any atom is 0.264 e. The molecule has 1 heterocycles. The zero-order chi connectivity index (χ0) is 24.1. The van der Waals surface area contributed by atoms with Crippen molar-refractivity contribution in [3.63, 3.8) is 0 Å². The smallest absolute Gasteiger partial charge is 0.264 e. The van der Waals surface area contributed by atoms with Crippen molar-refractivity contribution in [2.75, 3.05) is 11.9 Å². The number of halogens is 1. The van der Waals surface area contributed by atoms with Crippen LogP contribution in [0.15, 0.2) is 71.1 Å². The minimum atomic E-state index is -0.368. The highest BCUT2D eigenvalue weighted by molar-refractivity contribution is 7.80. The van der Waals surface area contributed by atoms with E-state index in [2.05, 4.69) is 41.6 Å². The average Bonchev–Trinajstić information content (AvgIpc) is 3.27. The topological polar surface area (TPSA) is 76.4 Å². The molecule has 0 fully saturated rings. The highest BCUT2D eigenvalue weighted by Crippen LogP contribution is 2.28. The van der Waals surface area contributed by atoms with E-state index < -0.39 is 0 Å². The average molecular weight is 494 g/mol. The Balaban J connectivity index is 1.33. The van der Waals surface area contributed by atoms with Crippen LogP contribution in [0, 0.1) is 0 Å². The third-order valence-electron chi connectivity index (χ3n) is 5.42. The van der Waals surface area contributed by atoms with Crippen molar-refractivity contribution < 1.29 is 13.9 Å². The number of nitrogens with one attached hydrogen (secondary N) is 2. The summed E-state index contributed by atoms with van der Waals surface area (Å²) in [7, 11) is 0. The number of carbonyl (C=O) groups is 1. The number of rotatable bonds is 7. The molecule has 0 spiro atoms. The number of hydrogen-bond donors (Lipinski definition) is 2. The molecule has 3 aromatic carbocycles. The third-order valence-corrected chi connectivity index (χ3v) is 5.88. The number of oxazole rings is 1. The van der Waals surface area contributed by atoms with Crippen LogP contribution in [0.1, 0.15) is 31.7 Å². The molecule has 0 saturated carbocycles. The first-order chi connectivity index (χ1) is 16.4. The normalized spacial score (nSPS) is 11.7. The molecule has 0 bridgehead atoms. The van der Waals surface area contributed by atoms with Gasteiger partial charge >= 0.3 is 0 Å². The van der Waals surface area contributed by atoms with E-state index in [1.54, 1.807) is 24.3 Å². The lowest BCUT2D eigenvalue weighted by atomic mass is 9.98. The summed E-state index contributed by atoms with van der Waals surface area (Å²) in [6.07, 6.45) is 1.07. The van der Waals surface area contributed by atoms with Crippen molar-refractivity contribution in [3.8, 4) is 17.2 Å². The molecule has 2 N–H and O–H groups in total. The van der Waals surface area contributed by atoms with Gasteiger partial charge in [0, 0.05) is 16.3 Å². The molecule has 0 aliphatic carbocycles. The minimum absolute atomic E-state index is 0.168. The molecule has 4 aromatic rings. The van der Waals surface area contributed by atoms with Gasteiger partial charge in [0.05, 0.1) is 0 Å². The first-order valence-corrected chi connectivity index (χ1v) is 11.7. The zero-order valence-corrected chi connectivity index (χ0v) is 20.4. The van der Waals surface area contributed by atoms with E-state index in [0.29, 0.717) is 22.6 Å². The lowest BCUT2D eigenvalue weighted by Gasteiger charge is -2.10. The van der Waals surface area contributed by atoms with Crippen LogP contribution in [0.4, 0.5) is 5.69 Å². The highest BCUT2D eigenvalue weighted by atomic mass is 35.5. The summed E-state index contributed by atoms with van der Waals surface area (Å²) >= 11 is 11.1. The van der Waals surface area contributed by atoms with Crippen LogP contribution >= 0.6 is 23.8 Å². The fourth-order valence-corrected chi connectivity index (χ4v) is 3.67. The summed E-state index contributed by atoms with van der Waals surface area (Å²) in [4.78, 5) is 16.7. The second-order valence-corrected chi connectivity index (χ2v) is 8.72. The fourth-order valence-electron chi connectivity index (χ4n) is 3.31. The molecule has 8 heteroatoms. The molecule has 34 heavy (non-hydrogen) atoms. The van der Waals surface area contributed by atoms with Crippen molar-refractivity contribution >= 4 is 51.6 Å². The highest BCUT2D eigenvalue weighted by Gasteiger charge is 2.12. The SMILES string of the molecule is CC[C@@H](C)c1ccc2oc(-c3ccc(NC(=S)NC(=O)COc4ccc(Cl)cc4)cc3)nc2c1. The standard InChI is InChI=1S/C26H24ClN3O3S/c1-3-16(2)18-6-13-23-22(14-18)29-25(33-23)17-4-9-20(10-5-17)28-26(34)30-24(31)15-32-21-11-7-19(27)8-12-21/h4-14,16H,3,15H2,1-2H3,(H2,28,30,31,34)/t16-/m1/s1. The molecule has 6 nitrogen and oxygen atoms in total. The molecular formula is C26H24ClN3O3S. The van der Waals surface area contributed by atoms with Gasteiger partial charge in [0.2, 0.25) is 5.89 Å². The van der Waals surface area contributed by atoms with Gasteiger partial charge in [-0.3, -0.25) is 10.1 Å². The van der Waals surface area contributed by atoms with Crippen LogP contribution in [0.5, 0.6) is 5.75 Å². The van der Waals surface area contributed by atoms with Crippen molar-refractivity contribution in [2.45, 2.75) is 26.2 Å². The van der Waals surface area contributed by atoms with Gasteiger partial charge in [-0.15, -0.1) is 0 Å². The van der Waals surface area contributed by atoms with Crippen molar-refractivity contribution in [2.24, 2.45) is 0 Å². The maximum atomic E-state index is 12.1. The van der Waals surface area contributed by atoms with Gasteiger partial charge in [-0.05, 0) is 90.8 Å². The van der Waals surface area contributed by atoms with Gasteiger partial charge in [-0.1, -0.05) is 31.5 Å². The maximum absolute atomic E-state index is 12.1. The van der Waals surface area contributed by atoms with E-state index in [1.165, 1.54) is 5.56 Å². The summed E-state index contributed by atoms with van der Waals surface area (Å²) in [5, 5.41) is 6.35. The van der Waals surface area contributed by atoms with E-state index in [-0.39, 0.29) is 17.6 Å². The number of amides is 1.